The highest BCUT2D eigenvalue weighted by atomic mass is 16.5. The fraction of sp³-hybridized carbons (Fsp3) is 0.333. The third-order valence-electron chi connectivity index (χ3n) is 1.10. The molecule has 0 fully saturated rings. The molecular formula is C9H12O4. The van der Waals surface area contributed by atoms with Crippen LogP contribution in [0.3, 0.4) is 0 Å². The molecule has 0 aliphatic rings. The van der Waals surface area contributed by atoms with Crippen LogP contribution in [-0.4, -0.2) is 17.0 Å². The molecule has 0 rings (SSSR count). The number of carboxylic acids is 1. The Labute approximate surface area is 76.5 Å². The van der Waals surface area contributed by atoms with Gasteiger partial charge in [-0.1, -0.05) is 13.3 Å². The van der Waals surface area contributed by atoms with Gasteiger partial charge in [-0.15, -0.1) is 0 Å². The molecule has 1 N–H and O–H groups in total. The zero-order chi connectivity index (χ0) is 10.1. The van der Waals surface area contributed by atoms with Gasteiger partial charge in [0.1, 0.15) is 0 Å². The van der Waals surface area contributed by atoms with Crippen LogP contribution in [0.15, 0.2) is 24.5 Å². The molecule has 0 saturated heterocycles. The molecule has 4 nitrogen and oxygen atoms in total. The maximum absolute atomic E-state index is 10.7. The molecule has 0 heterocycles. The van der Waals surface area contributed by atoms with E-state index in [1.807, 2.05) is 6.92 Å². The van der Waals surface area contributed by atoms with Crippen LogP contribution in [0.1, 0.15) is 19.8 Å². The molecule has 0 aromatic heterocycles. The van der Waals surface area contributed by atoms with Crippen LogP contribution in [0.5, 0.6) is 0 Å². The lowest BCUT2D eigenvalue weighted by Crippen LogP contribution is -1.96. The van der Waals surface area contributed by atoms with Crippen LogP contribution in [0, 0.1) is 0 Å². The highest BCUT2D eigenvalue weighted by Crippen LogP contribution is 1.90. The van der Waals surface area contributed by atoms with Crippen molar-refractivity contribution < 1.29 is 19.4 Å². The van der Waals surface area contributed by atoms with E-state index in [2.05, 4.69) is 4.74 Å². The van der Waals surface area contributed by atoms with Crippen LogP contribution in [-0.2, 0) is 14.3 Å². The first kappa shape index (κ1) is 11.4. The van der Waals surface area contributed by atoms with E-state index >= 15 is 0 Å². The van der Waals surface area contributed by atoms with Crippen molar-refractivity contribution in [2.75, 3.05) is 0 Å². The van der Waals surface area contributed by atoms with Gasteiger partial charge in [0, 0.05) is 12.2 Å². The molecule has 4 heteroatoms. The monoisotopic (exact) mass is 184 g/mol. The number of unbranched alkanes of at least 4 members (excludes halogenated alkanes) is 1. The lowest BCUT2D eigenvalue weighted by Gasteiger charge is -1.90. The summed E-state index contributed by atoms with van der Waals surface area (Å²) in [4.78, 5) is 20.7. The van der Waals surface area contributed by atoms with Crippen LogP contribution in [0.25, 0.3) is 0 Å². The molecule has 0 saturated carbocycles. The fourth-order valence-corrected chi connectivity index (χ4v) is 0.528. The summed E-state index contributed by atoms with van der Waals surface area (Å²) in [5.74, 6) is -1.86. The predicted octanol–water partition coefficient (Wildman–Crippen LogP) is 1.48. The number of hydrogen-bond acceptors (Lipinski definition) is 3. The zero-order valence-electron chi connectivity index (χ0n) is 7.40. The number of allylic oxidation sites excluding steroid dienone is 1. The number of carboxylic acid groups (broad SMARTS) is 1. The number of rotatable bonds is 5. The number of carbonyl (C=O) groups excluding carboxylic acids is 1. The predicted molar refractivity (Wildman–Crippen MR) is 46.9 cm³/mol. The second-order valence-electron chi connectivity index (χ2n) is 2.27. The van der Waals surface area contributed by atoms with Crippen LogP contribution < -0.4 is 0 Å². The first-order chi connectivity index (χ1) is 6.16. The van der Waals surface area contributed by atoms with Crippen LogP contribution in [0.2, 0.25) is 0 Å². The molecule has 0 aromatic carbocycles. The Morgan fingerprint density at radius 2 is 2.08 bits per heavy atom. The second-order valence-corrected chi connectivity index (χ2v) is 2.27. The lowest BCUT2D eigenvalue weighted by molar-refractivity contribution is -0.134. The first-order valence-corrected chi connectivity index (χ1v) is 3.93. The van der Waals surface area contributed by atoms with Crippen molar-refractivity contribution in [1.82, 2.24) is 0 Å². The molecule has 0 unspecified atom stereocenters. The minimum absolute atomic E-state index is 0.685. The summed E-state index contributed by atoms with van der Waals surface area (Å²) in [6, 6.07) is 0. The third kappa shape index (κ3) is 8.33. The molecule has 0 aliphatic heterocycles. The Kier molecular flexibility index (Phi) is 6.23. The van der Waals surface area contributed by atoms with Gasteiger partial charge in [-0.05, 0) is 12.5 Å². The maximum Gasteiger partial charge on any atom is 0.335 e. The van der Waals surface area contributed by atoms with Crippen molar-refractivity contribution >= 4 is 11.9 Å². The molecule has 0 aromatic rings. The summed E-state index contributed by atoms with van der Waals surface area (Å²) in [5.41, 5.74) is 0. The van der Waals surface area contributed by atoms with Crippen LogP contribution in [0.4, 0.5) is 0 Å². The Hall–Kier alpha value is -1.58. The normalized spacial score (nSPS) is 10.8. The summed E-state index contributed by atoms with van der Waals surface area (Å²) in [7, 11) is 0. The SMILES string of the molecule is CCCC=COC(=O)C=CC(=O)O. The molecule has 72 valence electrons. The molecule has 0 spiro atoms. The van der Waals surface area contributed by atoms with E-state index < -0.39 is 11.9 Å². The smallest absolute Gasteiger partial charge is 0.335 e. The standard InChI is InChI=1S/C9H12O4/c1-2-3-4-7-13-9(12)6-5-8(10)11/h4-7H,2-3H2,1H3,(H,10,11). The molecule has 0 radical (unpaired) electrons. The summed E-state index contributed by atoms with van der Waals surface area (Å²) in [6.45, 7) is 2.00. The zero-order valence-corrected chi connectivity index (χ0v) is 7.40. The minimum atomic E-state index is -1.17. The maximum atomic E-state index is 10.7. The van der Waals surface area contributed by atoms with E-state index in [1.165, 1.54) is 6.26 Å². The second kappa shape index (κ2) is 7.09. The minimum Gasteiger partial charge on any atom is -0.478 e. The van der Waals surface area contributed by atoms with E-state index in [4.69, 9.17) is 5.11 Å². The van der Waals surface area contributed by atoms with Gasteiger partial charge in [-0.3, -0.25) is 0 Å². The largest absolute Gasteiger partial charge is 0.478 e. The highest BCUT2D eigenvalue weighted by Gasteiger charge is 1.94. The quantitative estimate of drug-likeness (QED) is 0.399. The number of carbonyl (C=O) groups is 2. The lowest BCUT2D eigenvalue weighted by atomic mass is 10.3. The number of ether oxygens (including phenoxy) is 1. The van der Waals surface area contributed by atoms with E-state index in [-0.39, 0.29) is 0 Å². The van der Waals surface area contributed by atoms with Crippen molar-refractivity contribution in [3.05, 3.63) is 24.5 Å². The van der Waals surface area contributed by atoms with Gasteiger partial charge < -0.3 is 9.84 Å². The molecule has 0 bridgehead atoms. The fourth-order valence-electron chi connectivity index (χ4n) is 0.528. The summed E-state index contributed by atoms with van der Waals surface area (Å²) >= 11 is 0. The average Bonchev–Trinajstić information content (AvgIpc) is 2.09. The van der Waals surface area contributed by atoms with E-state index in [0.717, 1.165) is 25.0 Å². The number of hydrogen-bond donors (Lipinski definition) is 1. The van der Waals surface area contributed by atoms with Crippen molar-refractivity contribution in [2.24, 2.45) is 0 Å². The summed E-state index contributed by atoms with van der Waals surface area (Å²) in [6.07, 6.45) is 6.36. The van der Waals surface area contributed by atoms with E-state index in [1.54, 1.807) is 6.08 Å². The summed E-state index contributed by atoms with van der Waals surface area (Å²) in [5, 5.41) is 8.16. The van der Waals surface area contributed by atoms with Gasteiger partial charge >= 0.3 is 11.9 Å². The van der Waals surface area contributed by atoms with E-state index in [0.29, 0.717) is 0 Å². The highest BCUT2D eigenvalue weighted by molar-refractivity contribution is 5.90. The van der Waals surface area contributed by atoms with Crippen LogP contribution >= 0.6 is 0 Å². The van der Waals surface area contributed by atoms with Gasteiger partial charge in [0.05, 0.1) is 6.26 Å². The molecule has 13 heavy (non-hydrogen) atoms. The Morgan fingerprint density at radius 3 is 2.62 bits per heavy atom. The third-order valence-corrected chi connectivity index (χ3v) is 1.10. The van der Waals surface area contributed by atoms with Crippen molar-refractivity contribution in [3.63, 3.8) is 0 Å². The van der Waals surface area contributed by atoms with Gasteiger partial charge in [0.15, 0.2) is 0 Å². The van der Waals surface area contributed by atoms with Crippen molar-refractivity contribution in [3.8, 4) is 0 Å². The van der Waals surface area contributed by atoms with E-state index in [9.17, 15) is 9.59 Å². The van der Waals surface area contributed by atoms with Gasteiger partial charge in [-0.25, -0.2) is 9.59 Å². The molecule has 0 aliphatic carbocycles. The number of aliphatic carboxylic acids is 1. The van der Waals surface area contributed by atoms with Crippen molar-refractivity contribution in [1.29, 1.82) is 0 Å². The van der Waals surface area contributed by atoms with Gasteiger partial charge in [-0.2, -0.15) is 0 Å². The Balaban J connectivity index is 3.69. The van der Waals surface area contributed by atoms with Crippen molar-refractivity contribution in [2.45, 2.75) is 19.8 Å². The Bertz CT molecular complexity index is 228. The van der Waals surface area contributed by atoms with Gasteiger partial charge in [0.25, 0.3) is 0 Å². The molecule has 0 amide bonds. The Morgan fingerprint density at radius 1 is 1.38 bits per heavy atom. The average molecular weight is 184 g/mol. The number of esters is 1. The molecular weight excluding hydrogens is 172 g/mol. The van der Waals surface area contributed by atoms with Gasteiger partial charge in [0.2, 0.25) is 0 Å². The summed E-state index contributed by atoms with van der Waals surface area (Å²) < 4.78 is 4.52. The topological polar surface area (TPSA) is 63.6 Å². The first-order valence-electron chi connectivity index (χ1n) is 3.93. The molecule has 0 atom stereocenters.